The number of nitrogens with zero attached hydrogens (tertiary/aromatic N) is 2. The molecule has 1 aromatic carbocycles. The number of benzene rings is 1. The summed E-state index contributed by atoms with van der Waals surface area (Å²) in [4.78, 5) is 0. The van der Waals surface area contributed by atoms with Gasteiger partial charge in [0.05, 0.1) is 0 Å². The summed E-state index contributed by atoms with van der Waals surface area (Å²) < 4.78 is 4.31. The van der Waals surface area contributed by atoms with Crippen molar-refractivity contribution >= 4 is 0 Å². The molecule has 0 aliphatic rings. The van der Waals surface area contributed by atoms with Gasteiger partial charge in [-0.1, -0.05) is 24.3 Å². The molecule has 2 nitrogen and oxygen atoms in total. The third-order valence-electron chi connectivity index (χ3n) is 3.37. The van der Waals surface area contributed by atoms with Gasteiger partial charge >= 0.3 is 0 Å². The fourth-order valence-corrected chi connectivity index (χ4v) is 2.41. The third kappa shape index (κ3) is 1.66. The topological polar surface area (TPSA) is 9.86 Å². The second-order valence-corrected chi connectivity index (χ2v) is 4.55. The van der Waals surface area contributed by atoms with E-state index < -0.39 is 0 Å². The van der Waals surface area contributed by atoms with Gasteiger partial charge < -0.3 is 9.13 Å². The highest BCUT2D eigenvalue weighted by atomic mass is 14.9. The summed E-state index contributed by atoms with van der Waals surface area (Å²) >= 11 is 0. The SMILES string of the molecule is Cn1cccc1-c1ccccc1-c1cccn1C. The normalized spacial score (nSPS) is 10.8. The second-order valence-electron chi connectivity index (χ2n) is 4.55. The van der Waals surface area contributed by atoms with Crippen molar-refractivity contribution in [1.82, 2.24) is 9.13 Å². The fourth-order valence-electron chi connectivity index (χ4n) is 2.41. The maximum Gasteiger partial charge on any atom is 0.0484 e. The average molecular weight is 236 g/mol. The van der Waals surface area contributed by atoms with Crippen LogP contribution in [0.4, 0.5) is 0 Å². The zero-order chi connectivity index (χ0) is 12.5. The molecule has 0 aliphatic carbocycles. The van der Waals surface area contributed by atoms with E-state index in [9.17, 15) is 0 Å². The number of rotatable bonds is 2. The molecule has 0 N–H and O–H groups in total. The van der Waals surface area contributed by atoms with Gasteiger partial charge in [-0.2, -0.15) is 0 Å². The molecule has 0 saturated carbocycles. The van der Waals surface area contributed by atoms with Gasteiger partial charge in [-0.05, 0) is 24.3 Å². The Morgan fingerprint density at radius 3 is 1.39 bits per heavy atom. The van der Waals surface area contributed by atoms with E-state index in [1.807, 2.05) is 0 Å². The van der Waals surface area contributed by atoms with Crippen LogP contribution in [0.1, 0.15) is 0 Å². The summed E-state index contributed by atoms with van der Waals surface area (Å²) in [7, 11) is 4.16. The summed E-state index contributed by atoms with van der Waals surface area (Å²) in [5, 5.41) is 0. The van der Waals surface area contributed by atoms with Gasteiger partial charge in [0.25, 0.3) is 0 Å². The fraction of sp³-hybridized carbons (Fsp3) is 0.125. The van der Waals surface area contributed by atoms with Crippen LogP contribution in [-0.4, -0.2) is 9.13 Å². The predicted molar refractivity (Wildman–Crippen MR) is 75.3 cm³/mol. The van der Waals surface area contributed by atoms with Crippen LogP contribution in [0.2, 0.25) is 0 Å². The minimum absolute atomic E-state index is 1.24. The van der Waals surface area contributed by atoms with Gasteiger partial charge in [0, 0.05) is 49.0 Å². The van der Waals surface area contributed by atoms with Crippen LogP contribution in [0.15, 0.2) is 60.9 Å². The van der Waals surface area contributed by atoms with Crippen molar-refractivity contribution < 1.29 is 0 Å². The van der Waals surface area contributed by atoms with E-state index in [1.165, 1.54) is 22.5 Å². The summed E-state index contributed by atoms with van der Waals surface area (Å²) in [5.41, 5.74) is 5.03. The summed E-state index contributed by atoms with van der Waals surface area (Å²) in [6, 6.07) is 17.0. The Balaban J connectivity index is 2.24. The molecule has 0 saturated heterocycles. The minimum Gasteiger partial charge on any atom is -0.351 e. The van der Waals surface area contributed by atoms with E-state index in [2.05, 4.69) is 84.2 Å². The molecular weight excluding hydrogens is 220 g/mol. The monoisotopic (exact) mass is 236 g/mol. The molecule has 0 amide bonds. The van der Waals surface area contributed by atoms with E-state index in [4.69, 9.17) is 0 Å². The zero-order valence-electron chi connectivity index (χ0n) is 10.7. The van der Waals surface area contributed by atoms with Crippen molar-refractivity contribution in [2.75, 3.05) is 0 Å². The molecule has 2 aromatic heterocycles. The molecule has 2 heteroatoms. The molecule has 18 heavy (non-hydrogen) atoms. The molecule has 0 spiro atoms. The Bertz CT molecular complexity index is 614. The molecule has 0 radical (unpaired) electrons. The number of hydrogen-bond acceptors (Lipinski definition) is 0. The van der Waals surface area contributed by atoms with Gasteiger partial charge in [0.15, 0.2) is 0 Å². The van der Waals surface area contributed by atoms with E-state index >= 15 is 0 Å². The predicted octanol–water partition coefficient (Wildman–Crippen LogP) is 3.70. The molecule has 0 unspecified atom stereocenters. The van der Waals surface area contributed by atoms with Crippen molar-refractivity contribution in [1.29, 1.82) is 0 Å². The first-order chi connectivity index (χ1) is 8.77. The lowest BCUT2D eigenvalue weighted by Crippen LogP contribution is -1.95. The van der Waals surface area contributed by atoms with Gasteiger partial charge in [0.2, 0.25) is 0 Å². The van der Waals surface area contributed by atoms with E-state index in [1.54, 1.807) is 0 Å². The van der Waals surface area contributed by atoms with Crippen LogP contribution in [0, 0.1) is 0 Å². The van der Waals surface area contributed by atoms with Crippen LogP contribution in [-0.2, 0) is 14.1 Å². The van der Waals surface area contributed by atoms with Crippen LogP contribution >= 0.6 is 0 Å². The van der Waals surface area contributed by atoms with Crippen LogP contribution < -0.4 is 0 Å². The number of aryl methyl sites for hydroxylation is 2. The van der Waals surface area contributed by atoms with Crippen LogP contribution in [0.25, 0.3) is 22.5 Å². The molecule has 2 heterocycles. The Morgan fingerprint density at radius 1 is 0.611 bits per heavy atom. The Labute approximate surface area is 107 Å². The lowest BCUT2D eigenvalue weighted by atomic mass is 10.0. The molecule has 3 rings (SSSR count). The van der Waals surface area contributed by atoms with Gasteiger partial charge in [-0.3, -0.25) is 0 Å². The van der Waals surface area contributed by atoms with Gasteiger partial charge in [-0.25, -0.2) is 0 Å². The molecule has 0 aliphatic heterocycles. The highest BCUT2D eigenvalue weighted by molar-refractivity contribution is 5.80. The maximum atomic E-state index is 2.18. The largest absolute Gasteiger partial charge is 0.351 e. The third-order valence-corrected chi connectivity index (χ3v) is 3.37. The van der Waals surface area contributed by atoms with Gasteiger partial charge in [-0.15, -0.1) is 0 Å². The summed E-state index contributed by atoms with van der Waals surface area (Å²) in [5.74, 6) is 0. The first kappa shape index (κ1) is 10.9. The Kier molecular flexibility index (Phi) is 2.56. The average Bonchev–Trinajstić information content (AvgIpc) is 2.98. The lowest BCUT2D eigenvalue weighted by Gasteiger charge is -2.11. The summed E-state index contributed by atoms with van der Waals surface area (Å²) in [6.07, 6.45) is 4.16. The van der Waals surface area contributed by atoms with Crippen LogP contribution in [0.3, 0.4) is 0 Å². The number of hydrogen-bond donors (Lipinski definition) is 0. The highest BCUT2D eigenvalue weighted by Crippen LogP contribution is 2.31. The zero-order valence-corrected chi connectivity index (χ0v) is 10.7. The van der Waals surface area contributed by atoms with Crippen LogP contribution in [0.5, 0.6) is 0 Å². The van der Waals surface area contributed by atoms with Crippen molar-refractivity contribution in [2.24, 2.45) is 14.1 Å². The molecule has 90 valence electrons. The molecule has 3 aromatic rings. The first-order valence-corrected chi connectivity index (χ1v) is 6.10. The Morgan fingerprint density at radius 2 is 1.06 bits per heavy atom. The smallest absolute Gasteiger partial charge is 0.0484 e. The van der Waals surface area contributed by atoms with Crippen molar-refractivity contribution in [2.45, 2.75) is 0 Å². The van der Waals surface area contributed by atoms with Crippen molar-refractivity contribution in [3.05, 3.63) is 60.9 Å². The molecule has 0 fully saturated rings. The molecule has 0 atom stereocenters. The molecule has 0 bridgehead atoms. The van der Waals surface area contributed by atoms with E-state index in [0.29, 0.717) is 0 Å². The standard InChI is InChI=1S/C16H16N2/c1-17-11-5-9-15(17)13-7-3-4-8-14(13)16-10-6-12-18(16)2/h3-12H,1-2H3. The lowest BCUT2D eigenvalue weighted by molar-refractivity contribution is 0.928. The highest BCUT2D eigenvalue weighted by Gasteiger charge is 2.10. The first-order valence-electron chi connectivity index (χ1n) is 6.10. The minimum atomic E-state index is 1.24. The quantitative estimate of drug-likeness (QED) is 0.642. The second kappa shape index (κ2) is 4.22. The number of aromatic nitrogens is 2. The van der Waals surface area contributed by atoms with Crippen molar-refractivity contribution in [3.63, 3.8) is 0 Å². The molecular formula is C16H16N2. The van der Waals surface area contributed by atoms with Gasteiger partial charge in [0.1, 0.15) is 0 Å². The van der Waals surface area contributed by atoms with Crippen molar-refractivity contribution in [3.8, 4) is 22.5 Å². The van der Waals surface area contributed by atoms with E-state index in [-0.39, 0.29) is 0 Å². The van der Waals surface area contributed by atoms with E-state index in [0.717, 1.165) is 0 Å². The maximum absolute atomic E-state index is 2.18. The summed E-state index contributed by atoms with van der Waals surface area (Å²) in [6.45, 7) is 0. The Hall–Kier alpha value is -2.22.